The van der Waals surface area contributed by atoms with Crippen LogP contribution in [0.3, 0.4) is 0 Å². The van der Waals surface area contributed by atoms with Crippen molar-refractivity contribution in [2.24, 2.45) is 0 Å². The van der Waals surface area contributed by atoms with Crippen LogP contribution in [0.1, 0.15) is 19.3 Å². The van der Waals surface area contributed by atoms with Crippen LogP contribution < -0.4 is 0 Å². The predicted octanol–water partition coefficient (Wildman–Crippen LogP) is -0.102. The first-order chi connectivity index (χ1) is 7.31. The Balaban J connectivity index is 2.36. The van der Waals surface area contributed by atoms with Crippen LogP contribution in [0.25, 0.3) is 0 Å². The van der Waals surface area contributed by atoms with E-state index in [1.807, 2.05) is 0 Å². The van der Waals surface area contributed by atoms with Crippen molar-refractivity contribution in [1.82, 2.24) is 0 Å². The highest BCUT2D eigenvalue weighted by molar-refractivity contribution is 4.70. The fraction of sp³-hybridized carbons (Fsp3) is 1.00. The molecule has 5 heteroatoms. The molecule has 3 atom stereocenters. The zero-order valence-electron chi connectivity index (χ0n) is 9.09. The average Bonchev–Trinajstić information content (AvgIpc) is 2.30. The van der Waals surface area contributed by atoms with Crippen LogP contribution in [0.4, 0.5) is 0 Å². The van der Waals surface area contributed by atoms with Gasteiger partial charge in [0.15, 0.2) is 6.29 Å². The number of aliphatic hydroxyl groups excluding tert-OH is 2. The van der Waals surface area contributed by atoms with Gasteiger partial charge in [-0.15, -0.1) is 0 Å². The molecular weight excluding hydrogens is 200 g/mol. The van der Waals surface area contributed by atoms with Gasteiger partial charge in [-0.3, -0.25) is 0 Å². The van der Waals surface area contributed by atoms with Crippen LogP contribution in [0, 0.1) is 0 Å². The van der Waals surface area contributed by atoms with Crippen LogP contribution in [0.5, 0.6) is 0 Å². The van der Waals surface area contributed by atoms with E-state index in [9.17, 15) is 0 Å². The molecule has 1 aliphatic heterocycles. The Morgan fingerprint density at radius 1 is 1.27 bits per heavy atom. The maximum Gasteiger partial charge on any atom is 0.158 e. The fourth-order valence-corrected chi connectivity index (χ4v) is 1.61. The molecule has 0 bridgehead atoms. The van der Waals surface area contributed by atoms with Gasteiger partial charge in [0.25, 0.3) is 0 Å². The molecule has 15 heavy (non-hydrogen) atoms. The second kappa shape index (κ2) is 7.14. The number of rotatable bonds is 6. The van der Waals surface area contributed by atoms with Gasteiger partial charge in [-0.25, -0.2) is 0 Å². The van der Waals surface area contributed by atoms with E-state index in [0.29, 0.717) is 6.61 Å². The summed E-state index contributed by atoms with van der Waals surface area (Å²) in [5, 5.41) is 18.1. The summed E-state index contributed by atoms with van der Waals surface area (Å²) in [5.74, 6) is 0. The topological polar surface area (TPSA) is 68.2 Å². The maximum absolute atomic E-state index is 9.12. The van der Waals surface area contributed by atoms with Gasteiger partial charge < -0.3 is 24.4 Å². The third-order valence-electron chi connectivity index (χ3n) is 2.54. The number of hydrogen-bond acceptors (Lipinski definition) is 5. The van der Waals surface area contributed by atoms with E-state index in [0.717, 1.165) is 19.3 Å². The van der Waals surface area contributed by atoms with Crippen molar-refractivity contribution in [2.45, 2.75) is 37.8 Å². The Kier molecular flexibility index (Phi) is 6.12. The zero-order valence-corrected chi connectivity index (χ0v) is 9.09. The molecule has 1 saturated heterocycles. The summed E-state index contributed by atoms with van der Waals surface area (Å²) in [6.07, 6.45) is 1.65. The molecule has 1 heterocycles. The smallest absolute Gasteiger partial charge is 0.158 e. The Morgan fingerprint density at radius 3 is 2.47 bits per heavy atom. The summed E-state index contributed by atoms with van der Waals surface area (Å²) in [6.45, 7) is 0.340. The first-order valence-corrected chi connectivity index (χ1v) is 5.33. The minimum atomic E-state index is -0.525. The Bertz CT molecular complexity index is 154. The van der Waals surface area contributed by atoms with Gasteiger partial charge in [-0.2, -0.15) is 0 Å². The molecule has 1 unspecified atom stereocenters. The molecule has 5 nitrogen and oxygen atoms in total. The Hall–Kier alpha value is -0.200. The van der Waals surface area contributed by atoms with Gasteiger partial charge in [0.2, 0.25) is 0 Å². The van der Waals surface area contributed by atoms with Crippen LogP contribution in [0.2, 0.25) is 0 Å². The molecule has 0 aliphatic carbocycles. The van der Waals surface area contributed by atoms with Crippen molar-refractivity contribution in [2.75, 3.05) is 26.9 Å². The summed E-state index contributed by atoms with van der Waals surface area (Å²) in [6, 6.07) is 0. The number of aliphatic hydroxyl groups is 2. The predicted molar refractivity (Wildman–Crippen MR) is 53.4 cm³/mol. The van der Waals surface area contributed by atoms with Gasteiger partial charge >= 0.3 is 0 Å². The summed E-state index contributed by atoms with van der Waals surface area (Å²) >= 11 is 0. The molecular formula is C10H20O5. The molecule has 0 aromatic carbocycles. The van der Waals surface area contributed by atoms with E-state index in [4.69, 9.17) is 24.4 Å². The second-order valence-electron chi connectivity index (χ2n) is 3.61. The molecule has 1 rings (SSSR count). The van der Waals surface area contributed by atoms with Gasteiger partial charge in [0.05, 0.1) is 13.2 Å². The number of ether oxygens (including phenoxy) is 3. The van der Waals surface area contributed by atoms with Gasteiger partial charge in [0, 0.05) is 13.7 Å². The minimum absolute atomic E-state index is 0.172. The van der Waals surface area contributed by atoms with Crippen LogP contribution in [-0.4, -0.2) is 55.6 Å². The SMILES string of the molecule is CO[C@@H](CO)[C@@H](CO)OC1CCCCO1. The molecule has 1 aliphatic rings. The lowest BCUT2D eigenvalue weighted by atomic mass is 10.2. The van der Waals surface area contributed by atoms with E-state index < -0.39 is 12.2 Å². The van der Waals surface area contributed by atoms with Crippen molar-refractivity contribution >= 4 is 0 Å². The molecule has 0 amide bonds. The summed E-state index contributed by atoms with van der Waals surface area (Å²) in [5.41, 5.74) is 0. The zero-order chi connectivity index (χ0) is 11.1. The lowest BCUT2D eigenvalue weighted by Gasteiger charge is -2.30. The highest BCUT2D eigenvalue weighted by atomic mass is 16.7. The quantitative estimate of drug-likeness (QED) is 0.654. The van der Waals surface area contributed by atoms with Crippen molar-refractivity contribution < 1.29 is 24.4 Å². The van der Waals surface area contributed by atoms with Gasteiger partial charge in [-0.05, 0) is 19.3 Å². The normalized spacial score (nSPS) is 26.2. The molecule has 0 saturated carbocycles. The molecule has 0 aromatic heterocycles. The monoisotopic (exact) mass is 220 g/mol. The highest BCUT2D eigenvalue weighted by Gasteiger charge is 2.25. The lowest BCUT2D eigenvalue weighted by Crippen LogP contribution is -2.40. The third kappa shape index (κ3) is 4.04. The molecule has 0 spiro atoms. The van der Waals surface area contributed by atoms with Crippen molar-refractivity contribution in [1.29, 1.82) is 0 Å². The van der Waals surface area contributed by atoms with E-state index >= 15 is 0 Å². The second-order valence-corrected chi connectivity index (χ2v) is 3.61. The van der Waals surface area contributed by atoms with Crippen LogP contribution >= 0.6 is 0 Å². The van der Waals surface area contributed by atoms with Crippen LogP contribution in [0.15, 0.2) is 0 Å². The first kappa shape index (κ1) is 12.9. The summed E-state index contributed by atoms with van der Waals surface area (Å²) in [4.78, 5) is 0. The first-order valence-electron chi connectivity index (χ1n) is 5.33. The Morgan fingerprint density at radius 2 is 2.00 bits per heavy atom. The maximum atomic E-state index is 9.12. The van der Waals surface area contributed by atoms with Crippen molar-refractivity contribution in [3.05, 3.63) is 0 Å². The lowest BCUT2D eigenvalue weighted by molar-refractivity contribution is -0.220. The minimum Gasteiger partial charge on any atom is -0.394 e. The average molecular weight is 220 g/mol. The third-order valence-corrected chi connectivity index (χ3v) is 2.54. The molecule has 1 fully saturated rings. The fourth-order valence-electron chi connectivity index (χ4n) is 1.61. The molecule has 90 valence electrons. The van der Waals surface area contributed by atoms with Crippen molar-refractivity contribution in [3.63, 3.8) is 0 Å². The number of hydrogen-bond donors (Lipinski definition) is 2. The summed E-state index contributed by atoms with van der Waals surface area (Å²) < 4.78 is 15.9. The highest BCUT2D eigenvalue weighted by Crippen LogP contribution is 2.17. The standard InChI is InChI=1S/C10H20O5/c1-13-8(6-11)9(7-12)15-10-4-2-3-5-14-10/h8-12H,2-7H2,1H3/t8-,9+,10?/m0/s1. The Labute approximate surface area is 89.9 Å². The van der Waals surface area contributed by atoms with E-state index in [1.165, 1.54) is 7.11 Å². The van der Waals surface area contributed by atoms with Crippen LogP contribution in [-0.2, 0) is 14.2 Å². The van der Waals surface area contributed by atoms with E-state index in [2.05, 4.69) is 0 Å². The molecule has 0 aromatic rings. The van der Waals surface area contributed by atoms with Crippen molar-refractivity contribution in [3.8, 4) is 0 Å². The van der Waals surface area contributed by atoms with E-state index in [-0.39, 0.29) is 19.5 Å². The van der Waals surface area contributed by atoms with E-state index in [1.54, 1.807) is 0 Å². The van der Waals surface area contributed by atoms with Gasteiger partial charge in [-0.1, -0.05) is 0 Å². The number of methoxy groups -OCH3 is 1. The largest absolute Gasteiger partial charge is 0.394 e. The van der Waals surface area contributed by atoms with Gasteiger partial charge in [0.1, 0.15) is 12.2 Å². The molecule has 2 N–H and O–H groups in total. The molecule has 0 radical (unpaired) electrons. The summed E-state index contributed by atoms with van der Waals surface area (Å²) in [7, 11) is 1.48.